The molecular formula is C15H20N4OS. The molecule has 0 fully saturated rings. The lowest BCUT2D eigenvalue weighted by atomic mass is 10.1. The summed E-state index contributed by atoms with van der Waals surface area (Å²) < 4.78 is 4.25. The zero-order valence-corrected chi connectivity index (χ0v) is 13.5. The Morgan fingerprint density at radius 1 is 1.48 bits per heavy atom. The topological polar surface area (TPSA) is 55.6 Å². The van der Waals surface area contributed by atoms with Gasteiger partial charge < -0.3 is 9.13 Å². The predicted molar refractivity (Wildman–Crippen MR) is 85.1 cm³/mol. The summed E-state index contributed by atoms with van der Waals surface area (Å²) in [4.78, 5) is 13.0. The lowest BCUT2D eigenvalue weighted by molar-refractivity contribution is 0.497. The highest BCUT2D eigenvalue weighted by molar-refractivity contribution is 7.71. The number of pyridine rings is 1. The maximum atomic E-state index is 13.0. The van der Waals surface area contributed by atoms with E-state index in [2.05, 4.69) is 24.0 Å². The summed E-state index contributed by atoms with van der Waals surface area (Å²) in [7, 11) is 1.83. The van der Waals surface area contributed by atoms with Crippen LogP contribution in [-0.4, -0.2) is 19.3 Å². The van der Waals surface area contributed by atoms with Crippen LogP contribution in [0.4, 0.5) is 0 Å². The second-order valence-electron chi connectivity index (χ2n) is 5.73. The Bertz CT molecular complexity index is 799. The predicted octanol–water partition coefficient (Wildman–Crippen LogP) is 2.77. The molecule has 0 saturated carbocycles. The van der Waals surface area contributed by atoms with Gasteiger partial charge in [0.2, 0.25) is 0 Å². The van der Waals surface area contributed by atoms with Crippen molar-refractivity contribution in [2.24, 2.45) is 7.05 Å². The molecule has 0 amide bonds. The van der Waals surface area contributed by atoms with Crippen molar-refractivity contribution in [1.82, 2.24) is 19.3 Å². The van der Waals surface area contributed by atoms with Crippen molar-refractivity contribution in [2.75, 3.05) is 0 Å². The third-order valence-electron chi connectivity index (χ3n) is 4.44. The Kier molecular flexibility index (Phi) is 3.57. The molecule has 1 unspecified atom stereocenters. The summed E-state index contributed by atoms with van der Waals surface area (Å²) in [5.41, 5.74) is 3.17. The maximum absolute atomic E-state index is 13.0. The third kappa shape index (κ3) is 2.18. The van der Waals surface area contributed by atoms with E-state index < -0.39 is 0 Å². The molecule has 6 heteroatoms. The van der Waals surface area contributed by atoms with E-state index in [0.29, 0.717) is 16.2 Å². The quantitative estimate of drug-likeness (QED) is 0.887. The molecule has 1 N–H and O–H groups in total. The van der Waals surface area contributed by atoms with Crippen LogP contribution >= 0.6 is 12.2 Å². The molecule has 2 aromatic rings. The Balaban J connectivity index is 2.31. The van der Waals surface area contributed by atoms with Gasteiger partial charge in [-0.15, -0.1) is 0 Å². The molecule has 0 bridgehead atoms. The monoisotopic (exact) mass is 304 g/mol. The summed E-state index contributed by atoms with van der Waals surface area (Å²) in [5, 5.41) is 6.99. The molecule has 2 aromatic heterocycles. The summed E-state index contributed by atoms with van der Waals surface area (Å²) >= 11 is 5.16. The molecule has 2 heterocycles. The molecule has 0 aromatic carbocycles. The SMILES string of the molecule is CCC(C)n1c2c(cc(-c3n[nH]c(=S)n3C)c1=O)CCC2. The van der Waals surface area contributed by atoms with E-state index in [1.54, 1.807) is 4.57 Å². The van der Waals surface area contributed by atoms with Crippen molar-refractivity contribution in [1.29, 1.82) is 0 Å². The van der Waals surface area contributed by atoms with Gasteiger partial charge in [-0.2, -0.15) is 5.10 Å². The third-order valence-corrected chi connectivity index (χ3v) is 4.81. The minimum Gasteiger partial charge on any atom is -0.309 e. The summed E-state index contributed by atoms with van der Waals surface area (Å²) in [6.45, 7) is 4.22. The average molecular weight is 304 g/mol. The first-order valence-electron chi connectivity index (χ1n) is 7.43. The van der Waals surface area contributed by atoms with E-state index in [4.69, 9.17) is 12.2 Å². The first-order valence-corrected chi connectivity index (χ1v) is 7.84. The first kappa shape index (κ1) is 14.3. The van der Waals surface area contributed by atoms with Crippen molar-refractivity contribution < 1.29 is 0 Å². The van der Waals surface area contributed by atoms with Crippen molar-refractivity contribution in [3.05, 3.63) is 32.4 Å². The second kappa shape index (κ2) is 5.26. The Hall–Kier alpha value is -1.69. The summed E-state index contributed by atoms with van der Waals surface area (Å²) in [6.07, 6.45) is 4.09. The molecule has 0 aliphatic heterocycles. The van der Waals surface area contributed by atoms with Crippen LogP contribution in [0, 0.1) is 4.77 Å². The molecular weight excluding hydrogens is 284 g/mol. The van der Waals surface area contributed by atoms with Gasteiger partial charge in [0.05, 0.1) is 5.56 Å². The van der Waals surface area contributed by atoms with Gasteiger partial charge in [-0.1, -0.05) is 6.92 Å². The van der Waals surface area contributed by atoms with E-state index in [0.717, 1.165) is 25.7 Å². The highest BCUT2D eigenvalue weighted by Crippen LogP contribution is 2.27. The summed E-state index contributed by atoms with van der Waals surface area (Å²) in [6, 6.07) is 2.21. The standard InChI is InChI=1S/C15H20N4OS/c1-4-9(2)19-12-7-5-6-10(12)8-11(14(19)20)13-16-17-15(21)18(13)3/h8-9H,4-7H2,1-3H3,(H,17,21). The maximum Gasteiger partial charge on any atom is 0.262 e. The Labute approximate surface area is 128 Å². The smallest absolute Gasteiger partial charge is 0.262 e. The highest BCUT2D eigenvalue weighted by Gasteiger charge is 2.23. The van der Waals surface area contributed by atoms with Gasteiger partial charge in [-0.05, 0) is 56.5 Å². The fourth-order valence-corrected chi connectivity index (χ4v) is 3.20. The second-order valence-corrected chi connectivity index (χ2v) is 6.11. The molecule has 1 aliphatic rings. The van der Waals surface area contributed by atoms with Gasteiger partial charge in [-0.3, -0.25) is 9.89 Å². The molecule has 0 saturated heterocycles. The van der Waals surface area contributed by atoms with Crippen LogP contribution in [0.25, 0.3) is 11.4 Å². The summed E-state index contributed by atoms with van der Waals surface area (Å²) in [5.74, 6) is 0.622. The number of nitrogens with one attached hydrogen (secondary N) is 1. The number of hydrogen-bond acceptors (Lipinski definition) is 3. The molecule has 0 radical (unpaired) electrons. The van der Waals surface area contributed by atoms with Gasteiger partial charge in [0.15, 0.2) is 10.6 Å². The lowest BCUT2D eigenvalue weighted by Gasteiger charge is -2.19. The molecule has 21 heavy (non-hydrogen) atoms. The van der Waals surface area contributed by atoms with Crippen LogP contribution in [0.2, 0.25) is 0 Å². The van der Waals surface area contributed by atoms with Crippen LogP contribution in [0.1, 0.15) is 44.0 Å². The molecule has 0 spiro atoms. The molecule has 3 rings (SSSR count). The van der Waals surface area contributed by atoms with Crippen LogP contribution in [-0.2, 0) is 19.9 Å². The highest BCUT2D eigenvalue weighted by atomic mass is 32.1. The van der Waals surface area contributed by atoms with Gasteiger partial charge in [-0.25, -0.2) is 0 Å². The Morgan fingerprint density at radius 2 is 2.24 bits per heavy atom. The number of aryl methyl sites for hydroxylation is 1. The molecule has 5 nitrogen and oxygen atoms in total. The van der Waals surface area contributed by atoms with Gasteiger partial charge in [0.25, 0.3) is 5.56 Å². The van der Waals surface area contributed by atoms with Crippen LogP contribution < -0.4 is 5.56 Å². The zero-order chi connectivity index (χ0) is 15.1. The molecule has 1 atom stereocenters. The van der Waals surface area contributed by atoms with Crippen LogP contribution in [0.15, 0.2) is 10.9 Å². The number of hydrogen-bond donors (Lipinski definition) is 1. The van der Waals surface area contributed by atoms with Crippen LogP contribution in [0.5, 0.6) is 0 Å². The van der Waals surface area contributed by atoms with Crippen LogP contribution in [0.3, 0.4) is 0 Å². The molecule has 1 aliphatic carbocycles. The largest absolute Gasteiger partial charge is 0.309 e. The number of H-pyrrole nitrogens is 1. The first-order chi connectivity index (χ1) is 10.0. The number of fused-ring (bicyclic) bond motifs is 1. The minimum atomic E-state index is 0.0436. The van der Waals surface area contributed by atoms with E-state index in [9.17, 15) is 4.79 Å². The number of nitrogens with zero attached hydrogens (tertiary/aromatic N) is 3. The average Bonchev–Trinajstić information content (AvgIpc) is 3.05. The van der Waals surface area contributed by atoms with Crippen molar-refractivity contribution in [3.8, 4) is 11.4 Å². The number of rotatable bonds is 3. The normalized spacial score (nSPS) is 15.2. The fourth-order valence-electron chi connectivity index (χ4n) is 3.07. The number of aromatic amines is 1. The molecule has 112 valence electrons. The lowest BCUT2D eigenvalue weighted by Crippen LogP contribution is -2.28. The number of aromatic nitrogens is 4. The van der Waals surface area contributed by atoms with Crippen molar-refractivity contribution in [2.45, 2.75) is 45.6 Å². The van der Waals surface area contributed by atoms with E-state index in [1.165, 1.54) is 11.3 Å². The van der Waals surface area contributed by atoms with E-state index >= 15 is 0 Å². The fraction of sp³-hybridized carbons (Fsp3) is 0.533. The van der Waals surface area contributed by atoms with E-state index in [1.807, 2.05) is 17.7 Å². The van der Waals surface area contributed by atoms with Gasteiger partial charge in [0, 0.05) is 18.8 Å². The van der Waals surface area contributed by atoms with Gasteiger partial charge >= 0.3 is 0 Å². The van der Waals surface area contributed by atoms with Crippen molar-refractivity contribution >= 4 is 12.2 Å². The van der Waals surface area contributed by atoms with Crippen molar-refractivity contribution in [3.63, 3.8) is 0 Å². The Morgan fingerprint density at radius 3 is 2.86 bits per heavy atom. The van der Waals surface area contributed by atoms with Gasteiger partial charge in [0.1, 0.15) is 0 Å². The zero-order valence-electron chi connectivity index (χ0n) is 12.6. The minimum absolute atomic E-state index is 0.0436. The van der Waals surface area contributed by atoms with E-state index in [-0.39, 0.29) is 11.6 Å².